The molecule has 2 rings (SSSR count). The zero-order valence-corrected chi connectivity index (χ0v) is 11.4. The molecule has 92 valence electrons. The van der Waals surface area contributed by atoms with Crippen molar-refractivity contribution in [1.29, 1.82) is 0 Å². The number of hydrogen-bond acceptors (Lipinski definition) is 2. The van der Waals surface area contributed by atoms with Gasteiger partial charge in [0.1, 0.15) is 0 Å². The number of nitrogens with zero attached hydrogens (tertiary/aromatic N) is 1. The van der Waals surface area contributed by atoms with Crippen LogP contribution >= 0.6 is 15.9 Å². The molecule has 0 unspecified atom stereocenters. The van der Waals surface area contributed by atoms with Gasteiger partial charge in [0, 0.05) is 17.6 Å². The van der Waals surface area contributed by atoms with Crippen LogP contribution in [0.4, 0.5) is 5.69 Å². The summed E-state index contributed by atoms with van der Waals surface area (Å²) in [5.41, 5.74) is 1.42. The van der Waals surface area contributed by atoms with Crippen LogP contribution in [-0.2, 0) is 0 Å². The molecule has 17 heavy (non-hydrogen) atoms. The zero-order chi connectivity index (χ0) is 12.4. The maximum absolute atomic E-state index is 10.8. The minimum absolute atomic E-state index is 0.325. The predicted molar refractivity (Wildman–Crippen MR) is 71.7 cm³/mol. The Morgan fingerprint density at radius 1 is 1.53 bits per heavy atom. The Morgan fingerprint density at radius 2 is 2.24 bits per heavy atom. The van der Waals surface area contributed by atoms with Crippen LogP contribution in [0.1, 0.15) is 30.1 Å². The van der Waals surface area contributed by atoms with E-state index in [0.29, 0.717) is 5.56 Å². The third kappa shape index (κ3) is 2.63. The van der Waals surface area contributed by atoms with Gasteiger partial charge >= 0.3 is 5.97 Å². The van der Waals surface area contributed by atoms with Crippen LogP contribution in [0.25, 0.3) is 0 Å². The van der Waals surface area contributed by atoms with Crippen molar-refractivity contribution in [2.75, 3.05) is 18.0 Å². The fourth-order valence-corrected chi connectivity index (χ4v) is 2.88. The highest BCUT2D eigenvalue weighted by molar-refractivity contribution is 9.10. The molecule has 0 aliphatic carbocycles. The number of anilines is 1. The molecule has 4 heteroatoms. The van der Waals surface area contributed by atoms with Crippen LogP contribution in [0, 0.1) is 5.92 Å². The predicted octanol–water partition coefficient (Wildman–Crippen LogP) is 3.38. The van der Waals surface area contributed by atoms with Crippen molar-refractivity contribution in [3.8, 4) is 0 Å². The number of carboxylic acids is 1. The zero-order valence-electron chi connectivity index (χ0n) is 9.82. The Hall–Kier alpha value is -1.03. The van der Waals surface area contributed by atoms with Crippen LogP contribution in [0.5, 0.6) is 0 Å². The van der Waals surface area contributed by atoms with Crippen LogP contribution in [0.2, 0.25) is 0 Å². The molecule has 1 aliphatic rings. The SMILES string of the molecule is CCCC1CN(c2ccc(C(=O)O)cc2Br)C1. The summed E-state index contributed by atoms with van der Waals surface area (Å²) in [6.45, 7) is 4.37. The Morgan fingerprint density at radius 3 is 2.76 bits per heavy atom. The molecule has 0 aromatic heterocycles. The average molecular weight is 298 g/mol. The summed E-state index contributed by atoms with van der Waals surface area (Å²) in [6.07, 6.45) is 2.51. The molecule has 1 heterocycles. The molecular formula is C13H16BrNO2. The Bertz CT molecular complexity index is 427. The first-order chi connectivity index (χ1) is 8.11. The second kappa shape index (κ2) is 5.08. The van der Waals surface area contributed by atoms with E-state index in [0.717, 1.165) is 29.2 Å². The van der Waals surface area contributed by atoms with E-state index >= 15 is 0 Å². The summed E-state index contributed by atoms with van der Waals surface area (Å²) in [5, 5.41) is 8.89. The van der Waals surface area contributed by atoms with Crippen molar-refractivity contribution in [2.24, 2.45) is 5.92 Å². The maximum atomic E-state index is 10.8. The van der Waals surface area contributed by atoms with Gasteiger partial charge in [-0.15, -0.1) is 0 Å². The summed E-state index contributed by atoms with van der Waals surface area (Å²) in [6, 6.07) is 5.22. The van der Waals surface area contributed by atoms with E-state index in [9.17, 15) is 4.79 Å². The fourth-order valence-electron chi connectivity index (χ4n) is 2.25. The van der Waals surface area contributed by atoms with Crippen molar-refractivity contribution in [1.82, 2.24) is 0 Å². The molecule has 0 atom stereocenters. The number of carbonyl (C=O) groups is 1. The van der Waals surface area contributed by atoms with Gasteiger partial charge in [-0.1, -0.05) is 13.3 Å². The van der Waals surface area contributed by atoms with Gasteiger partial charge in [-0.3, -0.25) is 0 Å². The van der Waals surface area contributed by atoms with Gasteiger partial charge in [-0.05, 0) is 46.5 Å². The lowest BCUT2D eigenvalue weighted by molar-refractivity contribution is 0.0697. The smallest absolute Gasteiger partial charge is 0.335 e. The first kappa shape index (κ1) is 12.4. The van der Waals surface area contributed by atoms with E-state index in [1.54, 1.807) is 12.1 Å². The van der Waals surface area contributed by atoms with E-state index < -0.39 is 5.97 Å². The summed E-state index contributed by atoms with van der Waals surface area (Å²) >= 11 is 3.44. The first-order valence-corrected chi connectivity index (χ1v) is 6.69. The van der Waals surface area contributed by atoms with Crippen LogP contribution in [0.3, 0.4) is 0 Å². The molecule has 0 saturated carbocycles. The molecule has 3 nitrogen and oxygen atoms in total. The monoisotopic (exact) mass is 297 g/mol. The molecule has 0 bridgehead atoms. The van der Waals surface area contributed by atoms with E-state index in [-0.39, 0.29) is 0 Å². The lowest BCUT2D eigenvalue weighted by atomic mass is 9.94. The highest BCUT2D eigenvalue weighted by Gasteiger charge is 2.27. The average Bonchev–Trinajstić information content (AvgIpc) is 2.23. The minimum atomic E-state index is -0.885. The van der Waals surface area contributed by atoms with Crippen molar-refractivity contribution < 1.29 is 9.90 Å². The number of rotatable bonds is 4. The summed E-state index contributed by atoms with van der Waals surface area (Å²) in [7, 11) is 0. The molecular weight excluding hydrogens is 282 g/mol. The van der Waals surface area contributed by atoms with Gasteiger partial charge in [-0.2, -0.15) is 0 Å². The molecule has 1 aromatic rings. The quantitative estimate of drug-likeness (QED) is 0.926. The van der Waals surface area contributed by atoms with Gasteiger partial charge in [0.15, 0.2) is 0 Å². The maximum Gasteiger partial charge on any atom is 0.335 e. The van der Waals surface area contributed by atoms with Crippen LogP contribution in [0.15, 0.2) is 22.7 Å². The van der Waals surface area contributed by atoms with Gasteiger partial charge < -0.3 is 10.0 Å². The van der Waals surface area contributed by atoms with Gasteiger partial charge in [-0.25, -0.2) is 4.79 Å². The first-order valence-electron chi connectivity index (χ1n) is 5.89. The van der Waals surface area contributed by atoms with E-state index in [1.165, 1.54) is 12.8 Å². The highest BCUT2D eigenvalue weighted by atomic mass is 79.9. The molecule has 0 spiro atoms. The van der Waals surface area contributed by atoms with Crippen LogP contribution in [-0.4, -0.2) is 24.2 Å². The molecule has 0 radical (unpaired) electrons. The number of aromatic carboxylic acids is 1. The highest BCUT2D eigenvalue weighted by Crippen LogP contribution is 2.33. The molecule has 1 aromatic carbocycles. The fraction of sp³-hybridized carbons (Fsp3) is 0.462. The molecule has 1 aliphatic heterocycles. The number of benzene rings is 1. The van der Waals surface area contributed by atoms with E-state index in [2.05, 4.69) is 27.8 Å². The van der Waals surface area contributed by atoms with Crippen molar-refractivity contribution in [3.05, 3.63) is 28.2 Å². The molecule has 0 amide bonds. The third-order valence-electron chi connectivity index (χ3n) is 3.19. The van der Waals surface area contributed by atoms with E-state index in [1.807, 2.05) is 6.07 Å². The number of hydrogen-bond donors (Lipinski definition) is 1. The van der Waals surface area contributed by atoms with Crippen molar-refractivity contribution in [3.63, 3.8) is 0 Å². The Labute approximate surface area is 110 Å². The van der Waals surface area contributed by atoms with Crippen molar-refractivity contribution >= 4 is 27.6 Å². The lowest BCUT2D eigenvalue weighted by Gasteiger charge is -2.41. The summed E-state index contributed by atoms with van der Waals surface area (Å²) in [5.74, 6) is -0.0873. The molecule has 1 saturated heterocycles. The third-order valence-corrected chi connectivity index (χ3v) is 3.82. The largest absolute Gasteiger partial charge is 0.478 e. The second-order valence-corrected chi connectivity index (χ2v) is 5.39. The van der Waals surface area contributed by atoms with E-state index in [4.69, 9.17) is 5.11 Å². The second-order valence-electron chi connectivity index (χ2n) is 4.53. The topological polar surface area (TPSA) is 40.5 Å². The Kier molecular flexibility index (Phi) is 3.72. The Balaban J connectivity index is 2.06. The van der Waals surface area contributed by atoms with Gasteiger partial charge in [0.05, 0.1) is 11.3 Å². The standard InChI is InChI=1S/C13H16BrNO2/c1-2-3-9-7-15(8-9)12-5-4-10(13(16)17)6-11(12)14/h4-6,9H,2-3,7-8H2,1H3,(H,16,17). The number of halogens is 1. The summed E-state index contributed by atoms with van der Waals surface area (Å²) in [4.78, 5) is 13.1. The van der Waals surface area contributed by atoms with Crippen LogP contribution < -0.4 is 4.90 Å². The lowest BCUT2D eigenvalue weighted by Crippen LogP contribution is -2.46. The van der Waals surface area contributed by atoms with Gasteiger partial charge in [0.2, 0.25) is 0 Å². The van der Waals surface area contributed by atoms with Crippen molar-refractivity contribution in [2.45, 2.75) is 19.8 Å². The van der Waals surface area contributed by atoms with Gasteiger partial charge in [0.25, 0.3) is 0 Å². The number of carboxylic acid groups (broad SMARTS) is 1. The summed E-state index contributed by atoms with van der Waals surface area (Å²) < 4.78 is 0.868. The minimum Gasteiger partial charge on any atom is -0.478 e. The molecule has 1 N–H and O–H groups in total. The normalized spacial score (nSPS) is 15.8. The molecule has 1 fully saturated rings.